The Balaban J connectivity index is 2.09. The van der Waals surface area contributed by atoms with E-state index < -0.39 is 6.10 Å². The van der Waals surface area contributed by atoms with E-state index in [0.29, 0.717) is 36.0 Å². The molecule has 2 unspecified atom stereocenters. The van der Waals surface area contributed by atoms with Gasteiger partial charge < -0.3 is 20.5 Å². The molecule has 1 saturated heterocycles. The average molecular weight is 285 g/mol. The second-order valence-corrected chi connectivity index (χ2v) is 4.85. The van der Waals surface area contributed by atoms with Crippen LogP contribution in [-0.4, -0.2) is 36.3 Å². The first-order valence-electron chi connectivity index (χ1n) is 6.24. The summed E-state index contributed by atoms with van der Waals surface area (Å²) in [5, 5.41) is 15.7. The Morgan fingerprint density at radius 1 is 1.63 bits per heavy atom. The minimum absolute atomic E-state index is 0.195. The lowest BCUT2D eigenvalue weighted by Gasteiger charge is -2.14. The predicted molar refractivity (Wildman–Crippen MR) is 73.7 cm³/mol. The summed E-state index contributed by atoms with van der Waals surface area (Å²) in [5.74, 6) is 0.388. The highest BCUT2D eigenvalue weighted by atomic mass is 35.5. The Bertz CT molecular complexity index is 467. The fraction of sp³-hybridized carbons (Fsp3) is 0.462. The molecule has 5 nitrogen and oxygen atoms in total. The maximum absolute atomic E-state index is 12.0. The molecule has 6 heteroatoms. The lowest BCUT2D eigenvalue weighted by atomic mass is 10.2. The number of nitrogens with one attached hydrogen (secondary N) is 2. The summed E-state index contributed by atoms with van der Waals surface area (Å²) < 4.78 is 5.43. The summed E-state index contributed by atoms with van der Waals surface area (Å²) in [6.45, 7) is 2.81. The highest BCUT2D eigenvalue weighted by Crippen LogP contribution is 2.28. The number of carbonyl (C=O) groups excluding carboxylic acids is 1. The van der Waals surface area contributed by atoms with Gasteiger partial charge in [-0.05, 0) is 31.5 Å². The number of hydrogen-bond donors (Lipinski definition) is 3. The quantitative estimate of drug-likeness (QED) is 0.782. The third-order valence-corrected chi connectivity index (χ3v) is 3.16. The molecule has 2 rings (SSSR count). The highest BCUT2D eigenvalue weighted by Gasteiger charge is 2.28. The van der Waals surface area contributed by atoms with E-state index in [4.69, 9.17) is 16.3 Å². The molecular weight excluding hydrogens is 268 g/mol. The molecule has 2 atom stereocenters. The van der Waals surface area contributed by atoms with Crippen LogP contribution in [0, 0.1) is 0 Å². The van der Waals surface area contributed by atoms with E-state index in [1.807, 2.05) is 6.92 Å². The zero-order valence-electron chi connectivity index (χ0n) is 10.6. The van der Waals surface area contributed by atoms with Gasteiger partial charge in [0.15, 0.2) is 0 Å². The van der Waals surface area contributed by atoms with Gasteiger partial charge in [0, 0.05) is 11.6 Å². The number of hydrogen-bond acceptors (Lipinski definition) is 4. The second-order valence-electron chi connectivity index (χ2n) is 4.41. The number of rotatable bonds is 4. The molecule has 104 valence electrons. The first kappa shape index (κ1) is 14.1. The van der Waals surface area contributed by atoms with Crippen molar-refractivity contribution in [3.8, 4) is 5.75 Å². The molecule has 0 aliphatic carbocycles. The van der Waals surface area contributed by atoms with Crippen molar-refractivity contribution >= 4 is 23.2 Å². The number of benzene rings is 1. The molecule has 0 saturated carbocycles. The van der Waals surface area contributed by atoms with Crippen molar-refractivity contribution in [2.24, 2.45) is 0 Å². The van der Waals surface area contributed by atoms with Crippen LogP contribution < -0.4 is 15.4 Å². The number of ether oxygens (including phenoxy) is 1. The van der Waals surface area contributed by atoms with Crippen molar-refractivity contribution < 1.29 is 14.6 Å². The van der Waals surface area contributed by atoms with Crippen LogP contribution >= 0.6 is 11.6 Å². The number of anilines is 1. The Morgan fingerprint density at radius 2 is 2.42 bits per heavy atom. The molecule has 1 amide bonds. The van der Waals surface area contributed by atoms with Crippen LogP contribution in [0.3, 0.4) is 0 Å². The Labute approximate surface area is 116 Å². The molecule has 1 aliphatic heterocycles. The highest BCUT2D eigenvalue weighted by molar-refractivity contribution is 6.31. The van der Waals surface area contributed by atoms with Gasteiger partial charge in [-0.25, -0.2) is 0 Å². The number of aliphatic hydroxyl groups excluding tert-OH is 1. The van der Waals surface area contributed by atoms with Crippen molar-refractivity contribution in [3.05, 3.63) is 23.2 Å². The molecule has 0 spiro atoms. The summed E-state index contributed by atoms with van der Waals surface area (Å²) in [6, 6.07) is 4.69. The van der Waals surface area contributed by atoms with E-state index in [-0.39, 0.29) is 11.9 Å². The number of amides is 1. The van der Waals surface area contributed by atoms with Gasteiger partial charge in [-0.15, -0.1) is 0 Å². The number of carbonyl (C=O) groups is 1. The molecule has 0 bridgehead atoms. The third kappa shape index (κ3) is 3.59. The second kappa shape index (κ2) is 6.23. The smallest absolute Gasteiger partial charge is 0.241 e. The Morgan fingerprint density at radius 3 is 3.05 bits per heavy atom. The molecule has 1 fully saturated rings. The Kier molecular flexibility index (Phi) is 4.63. The normalized spacial score (nSPS) is 22.3. The van der Waals surface area contributed by atoms with Crippen LogP contribution in [-0.2, 0) is 4.79 Å². The van der Waals surface area contributed by atoms with E-state index in [9.17, 15) is 9.90 Å². The fourth-order valence-corrected chi connectivity index (χ4v) is 2.19. The van der Waals surface area contributed by atoms with Crippen LogP contribution in [0.25, 0.3) is 0 Å². The number of halogens is 1. The van der Waals surface area contributed by atoms with Crippen LogP contribution in [0.4, 0.5) is 5.69 Å². The first-order valence-corrected chi connectivity index (χ1v) is 6.62. The molecule has 19 heavy (non-hydrogen) atoms. The van der Waals surface area contributed by atoms with Gasteiger partial charge in [-0.3, -0.25) is 4.79 Å². The Hall–Kier alpha value is -1.30. The van der Waals surface area contributed by atoms with Crippen molar-refractivity contribution in [2.75, 3.05) is 18.5 Å². The fourth-order valence-electron chi connectivity index (χ4n) is 2.02. The van der Waals surface area contributed by atoms with Crippen LogP contribution in [0.15, 0.2) is 18.2 Å². The molecular formula is C13H17ClN2O3. The predicted octanol–water partition coefficient (Wildman–Crippen LogP) is 1.40. The molecule has 0 radical (unpaired) electrons. The lowest BCUT2D eigenvalue weighted by molar-refractivity contribution is -0.117. The third-order valence-electron chi connectivity index (χ3n) is 2.92. The largest absolute Gasteiger partial charge is 0.492 e. The van der Waals surface area contributed by atoms with E-state index in [1.165, 1.54) is 0 Å². The van der Waals surface area contributed by atoms with Crippen molar-refractivity contribution in [2.45, 2.75) is 25.5 Å². The topological polar surface area (TPSA) is 70.6 Å². The molecule has 1 aromatic carbocycles. The first-order chi connectivity index (χ1) is 9.10. The SMILES string of the molecule is CCOc1ccc(Cl)cc1NC(=O)C1CC(O)CN1. The molecule has 0 aromatic heterocycles. The van der Waals surface area contributed by atoms with Gasteiger partial charge in [0.1, 0.15) is 5.75 Å². The maximum atomic E-state index is 12.0. The molecule has 3 N–H and O–H groups in total. The lowest BCUT2D eigenvalue weighted by Crippen LogP contribution is -2.35. The zero-order valence-corrected chi connectivity index (χ0v) is 11.4. The van der Waals surface area contributed by atoms with Gasteiger partial charge in [-0.2, -0.15) is 0 Å². The van der Waals surface area contributed by atoms with Gasteiger partial charge in [-0.1, -0.05) is 11.6 Å². The minimum atomic E-state index is -0.471. The monoisotopic (exact) mass is 284 g/mol. The van der Waals surface area contributed by atoms with Crippen molar-refractivity contribution in [1.29, 1.82) is 0 Å². The van der Waals surface area contributed by atoms with Crippen molar-refractivity contribution in [3.63, 3.8) is 0 Å². The van der Waals surface area contributed by atoms with Gasteiger partial charge in [0.25, 0.3) is 0 Å². The van der Waals surface area contributed by atoms with Crippen molar-refractivity contribution in [1.82, 2.24) is 5.32 Å². The van der Waals surface area contributed by atoms with E-state index in [0.717, 1.165) is 0 Å². The number of β-amino-alcohol motifs (C(OH)–C–C–N with tert-alkyl or cyclic N) is 1. The van der Waals surface area contributed by atoms with Crippen LogP contribution in [0.5, 0.6) is 5.75 Å². The van der Waals surface area contributed by atoms with Crippen LogP contribution in [0.2, 0.25) is 5.02 Å². The summed E-state index contributed by atoms with van der Waals surface area (Å²) >= 11 is 5.92. The summed E-state index contributed by atoms with van der Waals surface area (Å²) in [6.07, 6.45) is -0.0578. The molecule has 1 heterocycles. The zero-order chi connectivity index (χ0) is 13.8. The van der Waals surface area contributed by atoms with E-state index in [2.05, 4.69) is 10.6 Å². The van der Waals surface area contributed by atoms with E-state index >= 15 is 0 Å². The minimum Gasteiger partial charge on any atom is -0.492 e. The number of aliphatic hydroxyl groups is 1. The molecule has 1 aliphatic rings. The molecule has 1 aromatic rings. The van der Waals surface area contributed by atoms with E-state index in [1.54, 1.807) is 18.2 Å². The standard InChI is InChI=1S/C13H17ClN2O3/c1-2-19-12-4-3-8(14)5-10(12)16-13(18)11-6-9(17)7-15-11/h3-5,9,11,15,17H,2,6-7H2,1H3,(H,16,18). The van der Waals surface area contributed by atoms with Gasteiger partial charge in [0.2, 0.25) is 5.91 Å². The average Bonchev–Trinajstić information content (AvgIpc) is 2.80. The summed E-state index contributed by atoms with van der Waals surface area (Å²) in [4.78, 5) is 12.0. The summed E-state index contributed by atoms with van der Waals surface area (Å²) in [5.41, 5.74) is 0.544. The van der Waals surface area contributed by atoms with Crippen LogP contribution in [0.1, 0.15) is 13.3 Å². The summed E-state index contributed by atoms with van der Waals surface area (Å²) in [7, 11) is 0. The maximum Gasteiger partial charge on any atom is 0.241 e. The van der Waals surface area contributed by atoms with Gasteiger partial charge >= 0.3 is 0 Å². The van der Waals surface area contributed by atoms with Gasteiger partial charge in [0.05, 0.1) is 24.4 Å².